The van der Waals surface area contributed by atoms with Crippen LogP contribution in [0.1, 0.15) is 6.42 Å². The topological polar surface area (TPSA) is 66.9 Å². The van der Waals surface area contributed by atoms with Gasteiger partial charge in [0.15, 0.2) is 0 Å². The molecule has 102 valence electrons. The van der Waals surface area contributed by atoms with Crippen molar-refractivity contribution in [2.24, 2.45) is 11.8 Å². The van der Waals surface area contributed by atoms with E-state index in [1.54, 1.807) is 7.11 Å². The van der Waals surface area contributed by atoms with Crippen LogP contribution >= 0.6 is 0 Å². The second kappa shape index (κ2) is 5.41. The molecule has 2 fully saturated rings. The van der Waals surface area contributed by atoms with Crippen LogP contribution in [-0.2, 0) is 19.1 Å². The summed E-state index contributed by atoms with van der Waals surface area (Å²) in [6.07, 6.45) is 5.67. The van der Waals surface area contributed by atoms with E-state index >= 15 is 0 Å². The van der Waals surface area contributed by atoms with Gasteiger partial charge in [0.05, 0.1) is 11.8 Å². The van der Waals surface area contributed by atoms with Crippen LogP contribution in [0.15, 0.2) is 0 Å². The fourth-order valence-corrected chi connectivity index (χ4v) is 2.66. The monoisotopic (exact) mass is 264 g/mol. The van der Waals surface area contributed by atoms with Gasteiger partial charge in [-0.25, -0.2) is 0 Å². The number of amides is 3. The first-order valence-corrected chi connectivity index (χ1v) is 6.19. The van der Waals surface area contributed by atoms with Crippen LogP contribution in [0.5, 0.6) is 0 Å². The lowest BCUT2D eigenvalue weighted by Gasteiger charge is -2.19. The number of hydrogen-bond donors (Lipinski definition) is 0. The third-order valence-corrected chi connectivity index (χ3v) is 3.63. The molecule has 2 aliphatic rings. The number of carbonyl (C=O) groups excluding carboxylic acids is 3. The molecular formula is C13H16N2O4. The predicted octanol–water partition coefficient (Wildman–Crippen LogP) is -0.900. The number of fused-ring (bicyclic) bond motifs is 1. The van der Waals surface area contributed by atoms with Crippen LogP contribution in [0.25, 0.3) is 0 Å². The second-order valence-corrected chi connectivity index (χ2v) is 4.74. The van der Waals surface area contributed by atoms with Gasteiger partial charge in [-0.1, -0.05) is 0 Å². The fourth-order valence-electron chi connectivity index (χ4n) is 2.66. The minimum atomic E-state index is -0.457. The molecule has 2 saturated heterocycles. The number of hydrogen-bond acceptors (Lipinski definition) is 4. The lowest BCUT2D eigenvalue weighted by atomic mass is 10.00. The maximum absolute atomic E-state index is 12.1. The summed E-state index contributed by atoms with van der Waals surface area (Å²) in [7, 11) is 1.58. The minimum Gasteiger partial charge on any atom is -0.385 e. The van der Waals surface area contributed by atoms with Crippen molar-refractivity contribution in [3.63, 3.8) is 0 Å². The third kappa shape index (κ3) is 2.34. The smallest absolute Gasteiger partial charge is 0.298 e. The lowest BCUT2D eigenvalue weighted by molar-refractivity contribution is -0.141. The Morgan fingerprint density at radius 1 is 1.37 bits per heavy atom. The van der Waals surface area contributed by atoms with Crippen LogP contribution in [0.2, 0.25) is 0 Å². The molecule has 0 aromatic carbocycles. The number of carbonyl (C=O) groups is 3. The molecule has 0 spiro atoms. The molecule has 6 nitrogen and oxygen atoms in total. The van der Waals surface area contributed by atoms with Gasteiger partial charge in [-0.3, -0.25) is 19.3 Å². The van der Waals surface area contributed by atoms with Crippen LogP contribution in [0, 0.1) is 24.2 Å². The number of imide groups is 1. The molecule has 2 atom stereocenters. The Kier molecular flexibility index (Phi) is 3.86. The van der Waals surface area contributed by atoms with E-state index in [4.69, 9.17) is 11.2 Å². The highest BCUT2D eigenvalue weighted by Crippen LogP contribution is 2.33. The first-order valence-electron chi connectivity index (χ1n) is 6.19. The van der Waals surface area contributed by atoms with E-state index in [-0.39, 0.29) is 24.9 Å². The predicted molar refractivity (Wildman–Crippen MR) is 65.6 cm³/mol. The van der Waals surface area contributed by atoms with Gasteiger partial charge in [0, 0.05) is 33.4 Å². The summed E-state index contributed by atoms with van der Waals surface area (Å²) in [5.41, 5.74) is 0. The minimum absolute atomic E-state index is 0.196. The molecule has 0 saturated carbocycles. The first-order chi connectivity index (χ1) is 9.10. The van der Waals surface area contributed by atoms with E-state index in [9.17, 15) is 14.4 Å². The van der Waals surface area contributed by atoms with Crippen molar-refractivity contribution in [3.8, 4) is 12.3 Å². The van der Waals surface area contributed by atoms with Gasteiger partial charge >= 0.3 is 0 Å². The number of likely N-dealkylation sites (tertiary alicyclic amines) is 2. The average Bonchev–Trinajstić information content (AvgIpc) is 2.93. The van der Waals surface area contributed by atoms with Gasteiger partial charge in [0.25, 0.3) is 5.91 Å². The third-order valence-electron chi connectivity index (χ3n) is 3.63. The molecule has 0 radical (unpaired) electrons. The van der Waals surface area contributed by atoms with E-state index in [1.807, 2.05) is 5.92 Å². The molecule has 2 aliphatic heterocycles. The summed E-state index contributed by atoms with van der Waals surface area (Å²) in [6, 6.07) is 0. The first kappa shape index (κ1) is 13.6. The highest BCUT2D eigenvalue weighted by molar-refractivity contribution is 6.06. The summed E-state index contributed by atoms with van der Waals surface area (Å²) in [4.78, 5) is 38.3. The molecule has 0 aromatic rings. The van der Waals surface area contributed by atoms with E-state index in [0.717, 1.165) is 0 Å². The maximum Gasteiger partial charge on any atom is 0.298 e. The number of methoxy groups -OCH3 is 1. The molecule has 3 amide bonds. The molecular weight excluding hydrogens is 248 g/mol. The largest absolute Gasteiger partial charge is 0.385 e. The highest BCUT2D eigenvalue weighted by atomic mass is 16.5. The van der Waals surface area contributed by atoms with Crippen LogP contribution < -0.4 is 0 Å². The summed E-state index contributed by atoms with van der Waals surface area (Å²) >= 11 is 0. The molecule has 19 heavy (non-hydrogen) atoms. The summed E-state index contributed by atoms with van der Waals surface area (Å²) < 4.78 is 4.90. The zero-order valence-corrected chi connectivity index (χ0v) is 10.8. The number of nitrogens with zero attached hydrogens (tertiary/aromatic N) is 2. The van der Waals surface area contributed by atoms with Gasteiger partial charge in [-0.15, -0.1) is 6.42 Å². The Balaban J connectivity index is 2.01. The molecule has 0 unspecified atom stereocenters. The Bertz CT molecular complexity index is 430. The van der Waals surface area contributed by atoms with Crippen LogP contribution in [0.3, 0.4) is 0 Å². The number of ether oxygens (including phenoxy) is 1. The summed E-state index contributed by atoms with van der Waals surface area (Å²) in [6.45, 7) is 1.38. The van der Waals surface area contributed by atoms with Crippen molar-refractivity contribution in [3.05, 3.63) is 0 Å². The van der Waals surface area contributed by atoms with E-state index in [0.29, 0.717) is 19.6 Å². The fraction of sp³-hybridized carbons (Fsp3) is 0.615. The molecule has 0 N–H and O–H groups in total. The van der Waals surface area contributed by atoms with E-state index < -0.39 is 17.7 Å². The van der Waals surface area contributed by atoms with E-state index in [2.05, 4.69) is 0 Å². The van der Waals surface area contributed by atoms with Gasteiger partial charge in [-0.2, -0.15) is 0 Å². The average molecular weight is 264 g/mol. The highest BCUT2D eigenvalue weighted by Gasteiger charge is 2.52. The zero-order valence-electron chi connectivity index (χ0n) is 10.8. The second-order valence-electron chi connectivity index (χ2n) is 4.74. The van der Waals surface area contributed by atoms with Crippen molar-refractivity contribution < 1.29 is 19.1 Å². The normalized spacial score (nSPS) is 25.7. The van der Waals surface area contributed by atoms with Crippen LogP contribution in [-0.4, -0.2) is 60.9 Å². The van der Waals surface area contributed by atoms with Gasteiger partial charge in [0.1, 0.15) is 0 Å². The van der Waals surface area contributed by atoms with Crippen molar-refractivity contribution in [1.82, 2.24) is 9.80 Å². The van der Waals surface area contributed by atoms with Gasteiger partial charge < -0.3 is 9.64 Å². The Labute approximate surface area is 111 Å². The zero-order chi connectivity index (χ0) is 14.0. The molecule has 0 aromatic heterocycles. The van der Waals surface area contributed by atoms with Crippen molar-refractivity contribution >= 4 is 17.7 Å². The van der Waals surface area contributed by atoms with Gasteiger partial charge in [-0.05, 0) is 12.3 Å². The molecule has 2 rings (SSSR count). The van der Waals surface area contributed by atoms with Crippen LogP contribution in [0.4, 0.5) is 0 Å². The lowest BCUT2D eigenvalue weighted by Crippen LogP contribution is -2.38. The summed E-state index contributed by atoms with van der Waals surface area (Å²) in [5.74, 6) is 0.316. The number of terminal acetylenes is 1. The van der Waals surface area contributed by atoms with Crippen molar-refractivity contribution in [2.45, 2.75) is 6.42 Å². The van der Waals surface area contributed by atoms with Gasteiger partial charge in [0.2, 0.25) is 11.8 Å². The Morgan fingerprint density at radius 3 is 2.42 bits per heavy atom. The van der Waals surface area contributed by atoms with E-state index in [1.165, 1.54) is 9.80 Å². The molecule has 0 bridgehead atoms. The maximum atomic E-state index is 12.1. The molecule has 6 heteroatoms. The molecule has 0 aliphatic carbocycles. The van der Waals surface area contributed by atoms with Crippen molar-refractivity contribution in [2.75, 3.05) is 33.4 Å². The Morgan fingerprint density at radius 2 is 1.95 bits per heavy atom. The standard InChI is InChI=1S/C13H16N2O4/c1-3-11(16)14-7-9-10(8-14)13(18)15(12(9)17)5-4-6-19-2/h1,9-10H,4-8H2,2H3/t9-,10+. The quantitative estimate of drug-likeness (QED) is 0.375. The molecule has 2 heterocycles. The van der Waals surface area contributed by atoms with Crippen molar-refractivity contribution in [1.29, 1.82) is 0 Å². The SMILES string of the molecule is C#CC(=O)N1C[C@@H]2C(=O)N(CCCOC)C(=O)[C@@H]2C1. The Hall–Kier alpha value is -1.87. The number of rotatable bonds is 4. The summed E-state index contributed by atoms with van der Waals surface area (Å²) in [5, 5.41) is 0.